The second-order valence-corrected chi connectivity index (χ2v) is 9.50. The SMILES string of the molecule is N=C(N)c1csc(CNC(=O)[C@@H]2C[C@](F)(CF)CN2C(=O)CNC(=O)CCCOc2ccccc2)c1. The molecule has 0 radical (unpaired) electrons. The Bertz CT molecular complexity index is 1080. The fourth-order valence-electron chi connectivity index (χ4n) is 3.74. The van der Waals surface area contributed by atoms with Crippen LogP contribution in [0.15, 0.2) is 41.8 Å². The van der Waals surface area contributed by atoms with Crippen molar-refractivity contribution in [2.24, 2.45) is 5.73 Å². The van der Waals surface area contributed by atoms with E-state index in [0.29, 0.717) is 29.2 Å². The Kier molecular flexibility index (Phi) is 9.34. The molecule has 0 spiro atoms. The van der Waals surface area contributed by atoms with E-state index in [1.54, 1.807) is 23.6 Å². The molecule has 2 heterocycles. The van der Waals surface area contributed by atoms with Crippen molar-refractivity contribution in [3.05, 3.63) is 52.2 Å². The Morgan fingerprint density at radius 2 is 2.00 bits per heavy atom. The van der Waals surface area contributed by atoms with E-state index < -0.39 is 55.6 Å². The van der Waals surface area contributed by atoms with Crippen LogP contribution in [0.5, 0.6) is 5.75 Å². The molecule has 0 bridgehead atoms. The molecule has 1 saturated heterocycles. The van der Waals surface area contributed by atoms with Crippen molar-refractivity contribution in [1.82, 2.24) is 15.5 Å². The summed E-state index contributed by atoms with van der Waals surface area (Å²) in [7, 11) is 0. The lowest BCUT2D eigenvalue weighted by Crippen LogP contribution is -2.49. The van der Waals surface area contributed by atoms with Gasteiger partial charge in [0, 0.05) is 28.7 Å². The minimum atomic E-state index is -2.33. The van der Waals surface area contributed by atoms with Crippen molar-refractivity contribution >= 4 is 34.9 Å². The number of thiophene rings is 1. The highest BCUT2D eigenvalue weighted by Crippen LogP contribution is 2.31. The number of nitrogens with one attached hydrogen (secondary N) is 3. The molecule has 3 rings (SSSR count). The Labute approximate surface area is 211 Å². The molecule has 3 amide bonds. The van der Waals surface area contributed by atoms with Gasteiger partial charge in [-0.2, -0.15) is 0 Å². The number of rotatable bonds is 12. The average Bonchev–Trinajstić information content (AvgIpc) is 3.50. The summed E-state index contributed by atoms with van der Waals surface area (Å²) in [5.74, 6) is -1.11. The number of amides is 3. The molecular weight excluding hydrogens is 492 g/mol. The highest BCUT2D eigenvalue weighted by atomic mass is 32.1. The normalized spacial score (nSPS) is 19.1. The number of para-hydroxylation sites is 1. The summed E-state index contributed by atoms with van der Waals surface area (Å²) < 4.78 is 33.6. The summed E-state index contributed by atoms with van der Waals surface area (Å²) in [5, 5.41) is 14.2. The van der Waals surface area contributed by atoms with Crippen molar-refractivity contribution in [1.29, 1.82) is 5.41 Å². The summed E-state index contributed by atoms with van der Waals surface area (Å²) in [4.78, 5) is 39.3. The Balaban J connectivity index is 1.48. The predicted octanol–water partition coefficient (Wildman–Crippen LogP) is 1.90. The highest BCUT2D eigenvalue weighted by Gasteiger charge is 2.49. The summed E-state index contributed by atoms with van der Waals surface area (Å²) in [6.07, 6.45) is 0.0623. The lowest BCUT2D eigenvalue weighted by atomic mass is 10.0. The minimum Gasteiger partial charge on any atom is -0.494 e. The summed E-state index contributed by atoms with van der Waals surface area (Å²) in [6.45, 7) is -1.93. The van der Waals surface area contributed by atoms with Crippen LogP contribution in [-0.4, -0.2) is 66.5 Å². The van der Waals surface area contributed by atoms with Crippen molar-refractivity contribution in [2.45, 2.75) is 37.5 Å². The van der Waals surface area contributed by atoms with Gasteiger partial charge in [0.2, 0.25) is 17.7 Å². The van der Waals surface area contributed by atoms with Crippen molar-refractivity contribution < 1.29 is 27.9 Å². The first-order chi connectivity index (χ1) is 17.2. The Morgan fingerprint density at radius 3 is 2.67 bits per heavy atom. The van der Waals surface area contributed by atoms with E-state index in [4.69, 9.17) is 15.9 Å². The van der Waals surface area contributed by atoms with Gasteiger partial charge in [-0.1, -0.05) is 18.2 Å². The molecule has 0 saturated carbocycles. The van der Waals surface area contributed by atoms with Crippen molar-refractivity contribution in [3.8, 4) is 5.75 Å². The van der Waals surface area contributed by atoms with Gasteiger partial charge in [0.05, 0.1) is 26.2 Å². The molecule has 9 nitrogen and oxygen atoms in total. The molecule has 2 atom stereocenters. The van der Waals surface area contributed by atoms with Gasteiger partial charge in [0.1, 0.15) is 24.3 Å². The van der Waals surface area contributed by atoms with E-state index in [-0.39, 0.29) is 18.8 Å². The molecule has 194 valence electrons. The molecule has 2 aromatic rings. The van der Waals surface area contributed by atoms with Gasteiger partial charge in [-0.15, -0.1) is 11.3 Å². The number of amidine groups is 1. The van der Waals surface area contributed by atoms with E-state index in [1.807, 2.05) is 18.2 Å². The fourth-order valence-corrected chi connectivity index (χ4v) is 4.56. The van der Waals surface area contributed by atoms with Crippen LogP contribution in [0.2, 0.25) is 0 Å². The van der Waals surface area contributed by atoms with E-state index in [2.05, 4.69) is 10.6 Å². The number of hydrogen-bond acceptors (Lipinski definition) is 6. The van der Waals surface area contributed by atoms with Crippen molar-refractivity contribution in [2.75, 3.05) is 26.4 Å². The number of halogens is 2. The van der Waals surface area contributed by atoms with Crippen molar-refractivity contribution in [3.63, 3.8) is 0 Å². The van der Waals surface area contributed by atoms with Crippen LogP contribution in [0.1, 0.15) is 29.7 Å². The first-order valence-corrected chi connectivity index (χ1v) is 12.3. The average molecular weight is 522 g/mol. The lowest BCUT2D eigenvalue weighted by Gasteiger charge is -2.24. The van der Waals surface area contributed by atoms with Crippen LogP contribution in [0.4, 0.5) is 8.78 Å². The quantitative estimate of drug-likeness (QED) is 0.192. The molecule has 1 aliphatic rings. The van der Waals surface area contributed by atoms with Gasteiger partial charge >= 0.3 is 0 Å². The molecule has 0 unspecified atom stereocenters. The Hall–Kier alpha value is -3.54. The smallest absolute Gasteiger partial charge is 0.243 e. The predicted molar refractivity (Wildman–Crippen MR) is 131 cm³/mol. The first kappa shape index (κ1) is 27.1. The summed E-state index contributed by atoms with van der Waals surface area (Å²) >= 11 is 1.29. The first-order valence-electron chi connectivity index (χ1n) is 11.4. The topological polar surface area (TPSA) is 138 Å². The maximum Gasteiger partial charge on any atom is 0.243 e. The van der Waals surface area contributed by atoms with Crippen LogP contribution < -0.4 is 21.1 Å². The minimum absolute atomic E-state index is 0.0893. The molecule has 0 aliphatic carbocycles. The van der Waals surface area contributed by atoms with Gasteiger partial charge < -0.3 is 26.0 Å². The number of alkyl halides is 2. The zero-order valence-corrected chi connectivity index (χ0v) is 20.4. The molecule has 1 fully saturated rings. The number of benzene rings is 1. The number of nitrogens with two attached hydrogens (primary N) is 1. The van der Waals surface area contributed by atoms with Gasteiger partial charge in [-0.25, -0.2) is 8.78 Å². The monoisotopic (exact) mass is 521 g/mol. The van der Waals surface area contributed by atoms with Crippen LogP contribution in [-0.2, 0) is 20.9 Å². The zero-order chi connectivity index (χ0) is 26.1. The summed E-state index contributed by atoms with van der Waals surface area (Å²) in [5.41, 5.74) is 3.62. The standard InChI is InChI=1S/C24H29F2N5O4S/c25-14-24(26)10-19(23(34)30-11-18-9-16(13-36-18)22(27)28)31(15-24)21(33)12-29-20(32)7-4-8-35-17-5-2-1-3-6-17/h1-3,5-6,9,13,19H,4,7-8,10-12,14-15H2,(H3,27,28)(H,29,32)(H,30,34)/t19-,24-/m0/s1. The number of nitrogen functional groups attached to an aromatic ring is 1. The second-order valence-electron chi connectivity index (χ2n) is 8.50. The fraction of sp³-hybridized carbons (Fsp3) is 0.417. The molecular formula is C24H29F2N5O4S. The molecule has 12 heteroatoms. The van der Waals surface area contributed by atoms with Crippen LogP contribution in [0.25, 0.3) is 0 Å². The van der Waals surface area contributed by atoms with Gasteiger partial charge in [0.15, 0.2) is 5.67 Å². The molecule has 1 aromatic carbocycles. The molecule has 5 N–H and O–H groups in total. The number of ether oxygens (including phenoxy) is 1. The van der Waals surface area contributed by atoms with Crippen LogP contribution >= 0.6 is 11.3 Å². The van der Waals surface area contributed by atoms with E-state index in [1.165, 1.54) is 11.3 Å². The third kappa shape index (κ3) is 7.48. The largest absolute Gasteiger partial charge is 0.494 e. The highest BCUT2D eigenvalue weighted by molar-refractivity contribution is 7.10. The number of carbonyl (C=O) groups excluding carboxylic acids is 3. The number of carbonyl (C=O) groups is 3. The van der Waals surface area contributed by atoms with Crippen LogP contribution in [0.3, 0.4) is 0 Å². The zero-order valence-electron chi connectivity index (χ0n) is 19.6. The van der Waals surface area contributed by atoms with Gasteiger partial charge in [0.25, 0.3) is 0 Å². The van der Waals surface area contributed by atoms with Gasteiger partial charge in [-0.05, 0) is 24.6 Å². The number of nitrogens with zero attached hydrogens (tertiary/aromatic N) is 1. The second kappa shape index (κ2) is 12.4. The Morgan fingerprint density at radius 1 is 1.25 bits per heavy atom. The number of likely N-dealkylation sites (tertiary alicyclic amines) is 1. The molecule has 36 heavy (non-hydrogen) atoms. The van der Waals surface area contributed by atoms with E-state index in [0.717, 1.165) is 4.90 Å². The van der Waals surface area contributed by atoms with E-state index in [9.17, 15) is 23.2 Å². The van der Waals surface area contributed by atoms with Crippen LogP contribution in [0, 0.1) is 5.41 Å². The lowest BCUT2D eigenvalue weighted by molar-refractivity contribution is -0.138. The third-order valence-corrected chi connectivity index (χ3v) is 6.59. The molecule has 1 aliphatic heterocycles. The maximum atomic E-state index is 14.8. The van der Waals surface area contributed by atoms with Gasteiger partial charge in [-0.3, -0.25) is 19.8 Å². The molecule has 1 aromatic heterocycles. The summed E-state index contributed by atoms with van der Waals surface area (Å²) in [6, 6.07) is 9.57. The number of hydrogen-bond donors (Lipinski definition) is 4. The maximum absolute atomic E-state index is 14.8. The van der Waals surface area contributed by atoms with E-state index >= 15 is 0 Å². The third-order valence-electron chi connectivity index (χ3n) is 5.65.